The van der Waals surface area contributed by atoms with Gasteiger partial charge in [0.25, 0.3) is 0 Å². The summed E-state index contributed by atoms with van der Waals surface area (Å²) in [6.45, 7) is 12.5. The molecule has 0 aromatic heterocycles. The molecule has 6 heteroatoms. The van der Waals surface area contributed by atoms with Gasteiger partial charge in [-0.1, -0.05) is 26.8 Å². The smallest absolute Gasteiger partial charge is 0.249 e. The molecule has 0 rings (SSSR count). The van der Waals surface area contributed by atoms with Crippen LogP contribution in [0.4, 0.5) is 0 Å². The van der Waals surface area contributed by atoms with Gasteiger partial charge in [0.1, 0.15) is 0 Å². The van der Waals surface area contributed by atoms with Gasteiger partial charge in [-0.2, -0.15) is 0 Å². The fourth-order valence-electron chi connectivity index (χ4n) is 0.958. The van der Waals surface area contributed by atoms with Crippen LogP contribution in [-0.4, -0.2) is 22.0 Å². The normalized spacial score (nSPS) is 15.9. The lowest BCUT2D eigenvalue weighted by atomic mass is 10.2. The highest BCUT2D eigenvalue weighted by molar-refractivity contribution is 7.89. The lowest BCUT2D eigenvalue weighted by Gasteiger charge is -2.34. The minimum absolute atomic E-state index is 0.172. The van der Waals surface area contributed by atoms with E-state index in [1.54, 1.807) is 13.2 Å². The fraction of sp³-hybridized carbons (Fsp3) is 0.833. The summed E-state index contributed by atoms with van der Waals surface area (Å²) in [5.74, 6) is 0. The van der Waals surface area contributed by atoms with E-state index in [2.05, 4.69) is 33.9 Å². The van der Waals surface area contributed by atoms with Crippen LogP contribution in [-0.2, 0) is 14.4 Å². The Labute approximate surface area is 113 Å². The van der Waals surface area contributed by atoms with Gasteiger partial charge in [-0.15, -0.1) is 0 Å². The van der Waals surface area contributed by atoms with Crippen LogP contribution in [0.5, 0.6) is 0 Å². The molecular formula is C12H27NO3SSi. The lowest BCUT2D eigenvalue weighted by molar-refractivity contribution is 0.428. The largest absolute Gasteiger partial charge is 0.549 e. The monoisotopic (exact) mass is 293 g/mol. The average Bonchev–Trinajstić information content (AvgIpc) is 2.13. The standard InChI is InChI=1S/C12H27NO3SSi/c1-11(17(13,14)15)9-7-8-10-16-18(5,6)12(2,3)4/h8,10-11H,7,9H2,1-6H3,(H2,13,14,15)/t11-/m1/s1. The lowest BCUT2D eigenvalue weighted by Crippen LogP contribution is -2.39. The summed E-state index contributed by atoms with van der Waals surface area (Å²) in [6, 6.07) is 0. The van der Waals surface area contributed by atoms with Gasteiger partial charge in [0, 0.05) is 0 Å². The van der Waals surface area contributed by atoms with E-state index in [4.69, 9.17) is 9.56 Å². The number of allylic oxidation sites excluding steroid dienone is 1. The molecular weight excluding hydrogens is 266 g/mol. The van der Waals surface area contributed by atoms with Crippen LogP contribution in [0.1, 0.15) is 40.5 Å². The van der Waals surface area contributed by atoms with Gasteiger partial charge in [-0.25, -0.2) is 13.6 Å². The van der Waals surface area contributed by atoms with Crippen molar-refractivity contribution in [1.29, 1.82) is 0 Å². The molecule has 0 aliphatic heterocycles. The summed E-state index contributed by atoms with van der Waals surface area (Å²) in [4.78, 5) is 0. The van der Waals surface area contributed by atoms with Gasteiger partial charge in [-0.3, -0.25) is 0 Å². The Morgan fingerprint density at radius 2 is 1.83 bits per heavy atom. The highest BCUT2D eigenvalue weighted by Crippen LogP contribution is 2.36. The zero-order chi connectivity index (χ0) is 14.6. The predicted octanol–water partition coefficient (Wildman–Crippen LogP) is 2.98. The highest BCUT2D eigenvalue weighted by Gasteiger charge is 2.37. The van der Waals surface area contributed by atoms with E-state index in [0.717, 1.165) is 0 Å². The Morgan fingerprint density at radius 3 is 2.22 bits per heavy atom. The highest BCUT2D eigenvalue weighted by atomic mass is 32.2. The molecule has 0 saturated heterocycles. The minimum Gasteiger partial charge on any atom is -0.549 e. The molecule has 108 valence electrons. The zero-order valence-electron chi connectivity index (χ0n) is 12.4. The van der Waals surface area contributed by atoms with Crippen molar-refractivity contribution in [3.63, 3.8) is 0 Å². The first-order valence-corrected chi connectivity index (χ1v) is 10.7. The van der Waals surface area contributed by atoms with Crippen molar-refractivity contribution in [1.82, 2.24) is 0 Å². The maximum atomic E-state index is 11.0. The Balaban J connectivity index is 4.15. The number of sulfonamides is 1. The van der Waals surface area contributed by atoms with E-state index in [0.29, 0.717) is 12.8 Å². The molecule has 0 radical (unpaired) electrons. The SMILES string of the molecule is C[C@H](CCC=CO[Si](C)(C)C(C)(C)C)S(N)(=O)=O. The summed E-state index contributed by atoms with van der Waals surface area (Å²) in [7, 11) is -5.16. The Morgan fingerprint density at radius 1 is 1.33 bits per heavy atom. The third kappa shape index (κ3) is 6.02. The molecule has 0 amide bonds. The maximum Gasteiger partial charge on any atom is 0.249 e. The quantitative estimate of drug-likeness (QED) is 0.604. The van der Waals surface area contributed by atoms with Gasteiger partial charge in [0.2, 0.25) is 18.3 Å². The summed E-state index contributed by atoms with van der Waals surface area (Å²) in [6.07, 6.45) is 4.78. The van der Waals surface area contributed by atoms with Gasteiger partial charge in [-0.05, 0) is 37.9 Å². The van der Waals surface area contributed by atoms with Crippen LogP contribution >= 0.6 is 0 Å². The third-order valence-electron chi connectivity index (χ3n) is 3.57. The third-order valence-corrected chi connectivity index (χ3v) is 9.26. The molecule has 4 nitrogen and oxygen atoms in total. The van der Waals surface area contributed by atoms with Crippen molar-refractivity contribution < 1.29 is 12.8 Å². The topological polar surface area (TPSA) is 69.4 Å². The molecule has 0 aromatic carbocycles. The van der Waals surface area contributed by atoms with Crippen LogP contribution in [0.3, 0.4) is 0 Å². The summed E-state index contributed by atoms with van der Waals surface area (Å²) < 4.78 is 27.9. The van der Waals surface area contributed by atoms with Crippen LogP contribution in [0, 0.1) is 0 Å². The minimum atomic E-state index is -3.41. The second kappa shape index (κ2) is 6.21. The molecule has 18 heavy (non-hydrogen) atoms. The van der Waals surface area contributed by atoms with Crippen LogP contribution in [0.2, 0.25) is 18.1 Å². The van der Waals surface area contributed by atoms with Gasteiger partial charge in [0.15, 0.2) is 0 Å². The van der Waals surface area contributed by atoms with Crippen molar-refractivity contribution >= 4 is 18.3 Å². The molecule has 0 unspecified atom stereocenters. The van der Waals surface area contributed by atoms with E-state index < -0.39 is 23.6 Å². The van der Waals surface area contributed by atoms with Crippen molar-refractivity contribution in [3.8, 4) is 0 Å². The Kier molecular flexibility index (Phi) is 6.09. The molecule has 0 aromatic rings. The Bertz CT molecular complexity index is 383. The maximum absolute atomic E-state index is 11.0. The molecule has 0 spiro atoms. The molecule has 0 saturated carbocycles. The predicted molar refractivity (Wildman–Crippen MR) is 79.2 cm³/mol. The molecule has 0 fully saturated rings. The summed E-state index contributed by atoms with van der Waals surface area (Å²) in [5, 5.41) is 4.71. The molecule has 0 aliphatic carbocycles. The first-order chi connectivity index (χ1) is 7.88. The van der Waals surface area contributed by atoms with E-state index in [1.807, 2.05) is 6.08 Å². The molecule has 0 aliphatic rings. The number of hydrogen-bond acceptors (Lipinski definition) is 3. The first-order valence-electron chi connectivity index (χ1n) is 6.22. The molecule has 0 heterocycles. The number of primary sulfonamides is 1. The molecule has 2 N–H and O–H groups in total. The van der Waals surface area contributed by atoms with E-state index in [9.17, 15) is 8.42 Å². The Hall–Kier alpha value is -0.333. The molecule has 0 bridgehead atoms. The molecule has 1 atom stereocenters. The zero-order valence-corrected chi connectivity index (χ0v) is 14.2. The average molecular weight is 294 g/mol. The van der Waals surface area contributed by atoms with Crippen LogP contribution < -0.4 is 5.14 Å². The summed E-state index contributed by atoms with van der Waals surface area (Å²) >= 11 is 0. The van der Waals surface area contributed by atoms with Gasteiger partial charge < -0.3 is 4.43 Å². The van der Waals surface area contributed by atoms with Crippen LogP contribution in [0.25, 0.3) is 0 Å². The second-order valence-electron chi connectivity index (χ2n) is 6.23. The van der Waals surface area contributed by atoms with Crippen LogP contribution in [0.15, 0.2) is 12.3 Å². The van der Waals surface area contributed by atoms with Crippen molar-refractivity contribution in [2.45, 2.75) is 63.9 Å². The van der Waals surface area contributed by atoms with Gasteiger partial charge in [0.05, 0.1) is 11.5 Å². The van der Waals surface area contributed by atoms with E-state index >= 15 is 0 Å². The number of hydrogen-bond donors (Lipinski definition) is 1. The van der Waals surface area contributed by atoms with Gasteiger partial charge >= 0.3 is 0 Å². The van der Waals surface area contributed by atoms with E-state index in [-0.39, 0.29) is 5.04 Å². The number of rotatable bonds is 6. The first kappa shape index (κ1) is 17.7. The van der Waals surface area contributed by atoms with Crippen molar-refractivity contribution in [2.75, 3.05) is 0 Å². The fourth-order valence-corrected chi connectivity index (χ4v) is 2.21. The summed E-state index contributed by atoms with van der Waals surface area (Å²) in [5.41, 5.74) is 0. The van der Waals surface area contributed by atoms with E-state index in [1.165, 1.54) is 0 Å². The second-order valence-corrected chi connectivity index (χ2v) is 13.0. The van der Waals surface area contributed by atoms with Crippen molar-refractivity contribution in [3.05, 3.63) is 12.3 Å². The van der Waals surface area contributed by atoms with Crippen molar-refractivity contribution in [2.24, 2.45) is 5.14 Å². The number of nitrogens with two attached hydrogens (primary N) is 1.